The molecular formula is C14H11F2NO. The molecule has 0 atom stereocenters. The molecule has 0 fully saturated rings. The Morgan fingerprint density at radius 3 is 2.11 bits per heavy atom. The van der Waals surface area contributed by atoms with Gasteiger partial charge in [0.15, 0.2) is 5.78 Å². The van der Waals surface area contributed by atoms with Crippen LogP contribution in [-0.4, -0.2) is 5.78 Å². The smallest absolute Gasteiger partial charge is 0.167 e. The highest BCUT2D eigenvalue weighted by molar-refractivity contribution is 5.97. The molecular weight excluding hydrogens is 236 g/mol. The lowest BCUT2D eigenvalue weighted by molar-refractivity contribution is 0.0990. The van der Waals surface area contributed by atoms with Crippen molar-refractivity contribution in [2.45, 2.75) is 6.42 Å². The first-order valence-electron chi connectivity index (χ1n) is 5.39. The Hall–Kier alpha value is -2.23. The van der Waals surface area contributed by atoms with Crippen molar-refractivity contribution in [3.05, 3.63) is 65.2 Å². The molecule has 0 aliphatic heterocycles. The Morgan fingerprint density at radius 2 is 1.56 bits per heavy atom. The number of hydrogen-bond acceptors (Lipinski definition) is 2. The van der Waals surface area contributed by atoms with Crippen molar-refractivity contribution in [3.8, 4) is 0 Å². The fourth-order valence-electron chi connectivity index (χ4n) is 1.63. The van der Waals surface area contributed by atoms with Crippen molar-refractivity contribution in [1.29, 1.82) is 0 Å². The van der Waals surface area contributed by atoms with Crippen LogP contribution in [0.3, 0.4) is 0 Å². The van der Waals surface area contributed by atoms with Crippen LogP contribution >= 0.6 is 0 Å². The minimum Gasteiger partial charge on any atom is -0.399 e. The largest absolute Gasteiger partial charge is 0.399 e. The van der Waals surface area contributed by atoms with E-state index in [1.165, 1.54) is 18.2 Å². The third-order valence-corrected chi connectivity index (χ3v) is 2.63. The van der Waals surface area contributed by atoms with Gasteiger partial charge in [0.05, 0.1) is 0 Å². The lowest BCUT2D eigenvalue weighted by atomic mass is 10.0. The molecule has 0 heterocycles. The first kappa shape index (κ1) is 12.2. The molecule has 4 heteroatoms. The van der Waals surface area contributed by atoms with Crippen LogP contribution < -0.4 is 5.73 Å². The van der Waals surface area contributed by atoms with Crippen LogP contribution in [0.1, 0.15) is 15.9 Å². The van der Waals surface area contributed by atoms with Crippen molar-refractivity contribution < 1.29 is 13.6 Å². The van der Waals surface area contributed by atoms with Crippen LogP contribution in [0.15, 0.2) is 42.5 Å². The molecule has 0 unspecified atom stereocenters. The summed E-state index contributed by atoms with van der Waals surface area (Å²) in [5.74, 6) is -1.77. The van der Waals surface area contributed by atoms with E-state index in [0.717, 1.165) is 12.1 Å². The Kier molecular flexibility index (Phi) is 3.37. The van der Waals surface area contributed by atoms with E-state index in [1.807, 2.05) is 0 Å². The van der Waals surface area contributed by atoms with Gasteiger partial charge in [0, 0.05) is 23.2 Å². The number of rotatable bonds is 3. The van der Waals surface area contributed by atoms with Crippen LogP contribution in [0, 0.1) is 11.6 Å². The van der Waals surface area contributed by atoms with Crippen molar-refractivity contribution in [2.24, 2.45) is 0 Å². The average Bonchev–Trinajstić information content (AvgIpc) is 2.34. The van der Waals surface area contributed by atoms with Crippen molar-refractivity contribution in [1.82, 2.24) is 0 Å². The molecule has 0 bridgehead atoms. The van der Waals surface area contributed by atoms with Crippen LogP contribution in [0.4, 0.5) is 14.5 Å². The van der Waals surface area contributed by atoms with Crippen LogP contribution in [-0.2, 0) is 6.42 Å². The van der Waals surface area contributed by atoms with Gasteiger partial charge in [0.25, 0.3) is 0 Å². The predicted molar refractivity (Wildman–Crippen MR) is 65.2 cm³/mol. The van der Waals surface area contributed by atoms with Gasteiger partial charge in [-0.3, -0.25) is 4.79 Å². The highest BCUT2D eigenvalue weighted by atomic mass is 19.1. The van der Waals surface area contributed by atoms with Gasteiger partial charge in [-0.1, -0.05) is 6.07 Å². The van der Waals surface area contributed by atoms with E-state index in [2.05, 4.69) is 0 Å². The summed E-state index contributed by atoms with van der Waals surface area (Å²) in [6.07, 6.45) is -0.303. The Labute approximate surface area is 103 Å². The van der Waals surface area contributed by atoms with Crippen LogP contribution in [0.25, 0.3) is 0 Å². The Balaban J connectivity index is 2.24. The summed E-state index contributed by atoms with van der Waals surface area (Å²) < 4.78 is 26.8. The summed E-state index contributed by atoms with van der Waals surface area (Å²) in [7, 11) is 0. The molecule has 0 spiro atoms. The summed E-state index contributed by atoms with van der Waals surface area (Å²) in [6.45, 7) is 0. The molecule has 2 aromatic carbocycles. The number of benzene rings is 2. The zero-order chi connectivity index (χ0) is 13.1. The number of carbonyl (C=O) groups is 1. The van der Waals surface area contributed by atoms with Crippen molar-refractivity contribution >= 4 is 11.5 Å². The van der Waals surface area contributed by atoms with Gasteiger partial charge < -0.3 is 5.73 Å². The number of Topliss-reactive ketones (excluding diaryl/α,β-unsaturated/α-hetero) is 1. The zero-order valence-corrected chi connectivity index (χ0v) is 9.49. The van der Waals surface area contributed by atoms with E-state index >= 15 is 0 Å². The number of nitrogen functional groups attached to an aromatic ring is 1. The number of hydrogen-bond donors (Lipinski definition) is 1. The minimum absolute atomic E-state index is 0.209. The van der Waals surface area contributed by atoms with Crippen LogP contribution in [0.5, 0.6) is 0 Å². The Morgan fingerprint density at radius 1 is 1.00 bits per heavy atom. The number of ketones is 1. The second kappa shape index (κ2) is 4.96. The summed E-state index contributed by atoms with van der Waals surface area (Å²) in [5, 5.41) is 0. The zero-order valence-electron chi connectivity index (χ0n) is 9.49. The second-order valence-corrected chi connectivity index (χ2v) is 3.92. The molecule has 0 aromatic heterocycles. The first-order valence-corrected chi connectivity index (χ1v) is 5.39. The summed E-state index contributed by atoms with van der Waals surface area (Å²) in [5.41, 5.74) is 6.20. The van der Waals surface area contributed by atoms with E-state index in [-0.39, 0.29) is 17.8 Å². The van der Waals surface area contributed by atoms with Gasteiger partial charge in [-0.25, -0.2) is 8.78 Å². The third-order valence-electron chi connectivity index (χ3n) is 2.63. The lowest BCUT2D eigenvalue weighted by Gasteiger charge is -2.04. The van der Waals surface area contributed by atoms with Gasteiger partial charge >= 0.3 is 0 Å². The van der Waals surface area contributed by atoms with E-state index in [1.54, 1.807) is 12.1 Å². The van der Waals surface area contributed by atoms with E-state index in [0.29, 0.717) is 11.3 Å². The molecule has 0 radical (unpaired) electrons. The number of carbonyl (C=O) groups excluding carboxylic acids is 1. The molecule has 0 saturated heterocycles. The normalized spacial score (nSPS) is 10.3. The molecule has 92 valence electrons. The molecule has 2 rings (SSSR count). The van der Waals surface area contributed by atoms with Gasteiger partial charge in [0.1, 0.15) is 11.6 Å². The molecule has 0 aliphatic carbocycles. The van der Waals surface area contributed by atoms with E-state index in [4.69, 9.17) is 5.73 Å². The quantitative estimate of drug-likeness (QED) is 0.669. The lowest BCUT2D eigenvalue weighted by Crippen LogP contribution is -2.07. The van der Waals surface area contributed by atoms with Crippen LogP contribution in [0.2, 0.25) is 0 Å². The molecule has 2 nitrogen and oxygen atoms in total. The van der Waals surface area contributed by atoms with E-state index in [9.17, 15) is 13.6 Å². The van der Waals surface area contributed by atoms with Gasteiger partial charge in [-0.2, -0.15) is 0 Å². The molecule has 18 heavy (non-hydrogen) atoms. The highest BCUT2D eigenvalue weighted by Gasteiger charge is 2.14. The third kappa shape index (κ3) is 2.53. The SMILES string of the molecule is Nc1ccc(C(=O)Cc2c(F)cccc2F)cc1. The van der Waals surface area contributed by atoms with Crippen molar-refractivity contribution in [3.63, 3.8) is 0 Å². The monoisotopic (exact) mass is 247 g/mol. The number of halogens is 2. The minimum atomic E-state index is -0.709. The molecule has 0 saturated carbocycles. The topological polar surface area (TPSA) is 43.1 Å². The van der Waals surface area contributed by atoms with Gasteiger partial charge in [0.2, 0.25) is 0 Å². The fourth-order valence-corrected chi connectivity index (χ4v) is 1.63. The Bertz CT molecular complexity index is 559. The second-order valence-electron chi connectivity index (χ2n) is 3.92. The van der Waals surface area contributed by atoms with Gasteiger partial charge in [-0.15, -0.1) is 0 Å². The van der Waals surface area contributed by atoms with Crippen molar-refractivity contribution in [2.75, 3.05) is 5.73 Å². The molecule has 0 aliphatic rings. The van der Waals surface area contributed by atoms with Gasteiger partial charge in [-0.05, 0) is 36.4 Å². The maximum atomic E-state index is 13.4. The summed E-state index contributed by atoms with van der Waals surface area (Å²) in [4.78, 5) is 11.9. The van der Waals surface area contributed by atoms with E-state index < -0.39 is 11.6 Å². The molecule has 2 aromatic rings. The number of anilines is 1. The average molecular weight is 247 g/mol. The predicted octanol–water partition coefficient (Wildman–Crippen LogP) is 2.97. The fraction of sp³-hybridized carbons (Fsp3) is 0.0714. The standard InChI is InChI=1S/C14H11F2NO/c15-12-2-1-3-13(16)11(12)8-14(18)9-4-6-10(17)7-5-9/h1-7H,8,17H2. The maximum Gasteiger partial charge on any atom is 0.167 e. The maximum absolute atomic E-state index is 13.4. The number of nitrogens with two attached hydrogens (primary N) is 1. The molecule has 0 amide bonds. The molecule has 2 N–H and O–H groups in total. The highest BCUT2D eigenvalue weighted by Crippen LogP contribution is 2.16. The first-order chi connectivity index (χ1) is 8.58. The summed E-state index contributed by atoms with van der Waals surface area (Å²) >= 11 is 0. The summed E-state index contributed by atoms with van der Waals surface area (Å²) in [6, 6.07) is 9.76.